The Balaban J connectivity index is 1.90. The maximum atomic E-state index is 5.65. The second kappa shape index (κ2) is 4.56. The second-order valence-corrected chi connectivity index (χ2v) is 4.40. The highest BCUT2D eigenvalue weighted by molar-refractivity contribution is 6.14. The molecule has 1 aliphatic rings. The van der Waals surface area contributed by atoms with Gasteiger partial charge in [0.15, 0.2) is 0 Å². The van der Waals surface area contributed by atoms with Crippen LogP contribution in [0.1, 0.15) is 16.7 Å². The quantitative estimate of drug-likeness (QED) is 0.608. The van der Waals surface area contributed by atoms with Gasteiger partial charge in [-0.25, -0.2) is 0 Å². The normalized spacial score (nSPS) is 12.9. The molecule has 3 rings (SSSR count). The van der Waals surface area contributed by atoms with E-state index in [1.807, 2.05) is 48.5 Å². The molecule has 0 aliphatic carbocycles. The van der Waals surface area contributed by atoms with E-state index in [4.69, 9.17) is 4.74 Å². The maximum absolute atomic E-state index is 5.65. The van der Waals surface area contributed by atoms with Crippen molar-refractivity contribution in [1.82, 2.24) is 4.67 Å². The van der Waals surface area contributed by atoms with Crippen molar-refractivity contribution in [3.63, 3.8) is 0 Å². The van der Waals surface area contributed by atoms with Gasteiger partial charge < -0.3 is 4.74 Å². The van der Waals surface area contributed by atoms with Gasteiger partial charge in [0.05, 0.1) is 5.69 Å². The molecule has 0 unspecified atom stereocenters. The van der Waals surface area contributed by atoms with Gasteiger partial charge in [0.25, 0.3) is 0 Å². The van der Waals surface area contributed by atoms with E-state index in [1.54, 1.807) is 0 Å². The van der Waals surface area contributed by atoms with E-state index in [2.05, 4.69) is 23.3 Å². The topological polar surface area (TPSA) is 35.7 Å². The van der Waals surface area contributed by atoms with Gasteiger partial charge in [-0.1, -0.05) is 17.7 Å². The fourth-order valence-corrected chi connectivity index (χ4v) is 1.84. The monoisotopic (exact) mass is 249 g/mol. The van der Waals surface area contributed by atoms with Crippen molar-refractivity contribution >= 4 is 24.2 Å². The Kier molecular flexibility index (Phi) is 2.75. The summed E-state index contributed by atoms with van der Waals surface area (Å²) in [5.74, 6) is 1.31. The molecule has 3 heteroatoms. The van der Waals surface area contributed by atoms with Crippen LogP contribution in [0.5, 0.6) is 0 Å². The van der Waals surface area contributed by atoms with Gasteiger partial charge >= 0.3 is 11.8 Å². The molecule has 0 atom stereocenters. The third kappa shape index (κ3) is 2.19. The van der Waals surface area contributed by atoms with E-state index in [9.17, 15) is 0 Å². The minimum atomic E-state index is 0.645. The first-order valence-electron chi connectivity index (χ1n) is 6.04. The summed E-state index contributed by atoms with van der Waals surface area (Å²) in [5, 5.41) is 0. The van der Waals surface area contributed by atoms with Crippen LogP contribution >= 0.6 is 0 Å². The zero-order valence-corrected chi connectivity index (χ0v) is 10.6. The lowest BCUT2D eigenvalue weighted by atomic mass is 10.1. The van der Waals surface area contributed by atoms with Crippen LogP contribution in [0.25, 0.3) is 0 Å². The zero-order chi connectivity index (χ0) is 13.2. The van der Waals surface area contributed by atoms with E-state index in [-0.39, 0.29) is 0 Å². The second-order valence-electron chi connectivity index (χ2n) is 4.40. The van der Waals surface area contributed by atoms with Crippen molar-refractivity contribution in [2.75, 3.05) is 0 Å². The molecule has 1 aliphatic heterocycles. The summed E-state index contributed by atoms with van der Waals surface area (Å²) in [6.45, 7) is 5.54. The van der Waals surface area contributed by atoms with Crippen LogP contribution in [0.2, 0.25) is 0 Å². The van der Waals surface area contributed by atoms with Crippen LogP contribution in [0, 0.1) is 6.92 Å². The minimum Gasteiger partial charge on any atom is -0.321 e. The first-order valence-corrected chi connectivity index (χ1v) is 6.04. The minimum absolute atomic E-state index is 0.645. The number of ether oxygens (including phenoxy) is 1. The van der Waals surface area contributed by atoms with Crippen LogP contribution in [0.15, 0.2) is 53.5 Å². The summed E-state index contributed by atoms with van der Waals surface area (Å²) >= 11 is 0. The van der Waals surface area contributed by atoms with E-state index in [1.165, 1.54) is 5.56 Å². The Morgan fingerprint density at radius 2 is 1.37 bits per heavy atom. The van der Waals surface area contributed by atoms with E-state index in [0.29, 0.717) is 11.8 Å². The number of aliphatic imine (C=N–C) groups is 1. The van der Waals surface area contributed by atoms with Crippen molar-refractivity contribution in [3.05, 3.63) is 65.2 Å². The number of benzene rings is 2. The lowest BCUT2D eigenvalue weighted by Crippen LogP contribution is -2.29. The van der Waals surface area contributed by atoms with Crippen molar-refractivity contribution in [2.45, 2.75) is 6.92 Å². The lowest BCUT2D eigenvalue weighted by Gasteiger charge is -2.02. The van der Waals surface area contributed by atoms with Gasteiger partial charge in [-0.3, -0.25) is 4.99 Å². The third-order valence-electron chi connectivity index (χ3n) is 2.99. The largest absolute Gasteiger partial charge is 0.510 e. The molecule has 0 saturated carbocycles. The van der Waals surface area contributed by atoms with E-state index in [0.717, 1.165) is 16.8 Å². The Hall–Kier alpha value is -2.64. The average Bonchev–Trinajstić information content (AvgIpc) is 2.40. The fourth-order valence-electron chi connectivity index (χ4n) is 1.84. The molecule has 0 amide bonds. The molecule has 2 aromatic rings. The molecule has 0 spiro atoms. The molecule has 92 valence electrons. The van der Waals surface area contributed by atoms with Crippen molar-refractivity contribution in [1.29, 1.82) is 0 Å². The summed E-state index contributed by atoms with van der Waals surface area (Å²) in [6, 6.07) is 15.7. The predicted octanol–water partition coefficient (Wildman–Crippen LogP) is 2.62. The SMILES string of the molecule is C=Nc1ccc(C2=[N+]=C(c3ccc(C)cc3)O2)cc1. The van der Waals surface area contributed by atoms with E-state index < -0.39 is 0 Å². The van der Waals surface area contributed by atoms with Crippen LogP contribution < -0.4 is 4.67 Å². The number of aryl methyl sites for hydroxylation is 1. The lowest BCUT2D eigenvalue weighted by molar-refractivity contribution is 0.511. The molecule has 0 fully saturated rings. The summed E-state index contributed by atoms with van der Waals surface area (Å²) in [6.07, 6.45) is 0. The summed E-state index contributed by atoms with van der Waals surface area (Å²) in [5.41, 5.74) is 4.01. The number of hydrogen-bond acceptors (Lipinski definition) is 2. The van der Waals surface area contributed by atoms with Crippen molar-refractivity contribution in [3.8, 4) is 0 Å². The first-order chi connectivity index (χ1) is 9.26. The molecule has 0 bridgehead atoms. The van der Waals surface area contributed by atoms with Crippen molar-refractivity contribution in [2.24, 2.45) is 4.99 Å². The smallest absolute Gasteiger partial charge is 0.321 e. The fraction of sp³-hybridized carbons (Fsp3) is 0.0625. The molecule has 0 saturated heterocycles. The summed E-state index contributed by atoms with van der Waals surface area (Å²) in [4.78, 5) is 3.85. The predicted molar refractivity (Wildman–Crippen MR) is 78.3 cm³/mol. The van der Waals surface area contributed by atoms with Gasteiger partial charge in [-0.2, -0.15) is 0 Å². The Labute approximate surface area is 111 Å². The number of hydrogen-bond donors (Lipinski definition) is 0. The van der Waals surface area contributed by atoms with Crippen LogP contribution in [0.4, 0.5) is 5.69 Å². The molecule has 1 heterocycles. The Morgan fingerprint density at radius 1 is 0.895 bits per heavy atom. The summed E-state index contributed by atoms with van der Waals surface area (Å²) < 4.78 is 10.1. The van der Waals surface area contributed by atoms with Crippen molar-refractivity contribution < 1.29 is 4.74 Å². The average molecular weight is 249 g/mol. The first kappa shape index (κ1) is 11.5. The molecule has 3 nitrogen and oxygen atoms in total. The van der Waals surface area contributed by atoms with Gasteiger partial charge in [0, 0.05) is 4.67 Å². The number of rotatable bonds is 3. The summed E-state index contributed by atoms with van der Waals surface area (Å²) in [7, 11) is 0. The molecule has 0 radical (unpaired) electrons. The molecular formula is C16H13N2O+. The van der Waals surface area contributed by atoms with Gasteiger partial charge in [-0.15, -0.1) is 0 Å². The molecular weight excluding hydrogens is 236 g/mol. The van der Waals surface area contributed by atoms with Gasteiger partial charge in [0.2, 0.25) is 0 Å². The van der Waals surface area contributed by atoms with Crippen LogP contribution in [-0.2, 0) is 4.74 Å². The molecule has 0 N–H and O–H groups in total. The van der Waals surface area contributed by atoms with Gasteiger partial charge in [-0.05, 0) is 50.0 Å². The highest BCUT2D eigenvalue weighted by Crippen LogP contribution is 2.15. The standard InChI is InChI=1S/C16H13N2O/c1-11-3-5-12(6-4-11)15-18-16(19-15)13-7-9-14(17-2)10-8-13/h3-10H,2H2,1H3/q+1. The van der Waals surface area contributed by atoms with Crippen LogP contribution in [-0.4, -0.2) is 18.5 Å². The highest BCUT2D eigenvalue weighted by atomic mass is 16.5. The molecule has 0 aromatic heterocycles. The number of nitrogens with zero attached hydrogens (tertiary/aromatic N) is 2. The Bertz CT molecular complexity index is 691. The zero-order valence-electron chi connectivity index (χ0n) is 10.6. The highest BCUT2D eigenvalue weighted by Gasteiger charge is 2.34. The maximum Gasteiger partial charge on any atom is 0.510 e. The van der Waals surface area contributed by atoms with Crippen LogP contribution in [0.3, 0.4) is 0 Å². The van der Waals surface area contributed by atoms with Gasteiger partial charge in [0.1, 0.15) is 11.1 Å². The third-order valence-corrected chi connectivity index (χ3v) is 2.99. The van der Waals surface area contributed by atoms with E-state index >= 15 is 0 Å². The Morgan fingerprint density at radius 3 is 1.84 bits per heavy atom. The molecule has 19 heavy (non-hydrogen) atoms. The molecule has 2 aromatic carbocycles.